The summed E-state index contributed by atoms with van der Waals surface area (Å²) < 4.78 is 34.3. The molecule has 0 aromatic carbocycles. The van der Waals surface area contributed by atoms with Gasteiger partial charge in [-0.15, -0.1) is 0 Å². The molecule has 0 radical (unpaired) electrons. The number of hydrogen-bond acceptors (Lipinski definition) is 18. The number of aliphatic hydroxyl groups excluding tert-OH is 11. The molecule has 3 aliphatic rings. The van der Waals surface area contributed by atoms with Crippen molar-refractivity contribution in [3.8, 4) is 0 Å². The fraction of sp³-hybridized carbons (Fsp3) is 0.831. The van der Waals surface area contributed by atoms with Gasteiger partial charge in [-0.2, -0.15) is 0 Å². The van der Waals surface area contributed by atoms with Crippen LogP contribution in [0, 0.1) is 0 Å². The number of aliphatic hydroxyl groups is 11. The van der Waals surface area contributed by atoms with Crippen molar-refractivity contribution in [2.24, 2.45) is 0 Å². The van der Waals surface area contributed by atoms with Crippen molar-refractivity contribution in [3.05, 3.63) is 60.8 Å². The summed E-state index contributed by atoms with van der Waals surface area (Å²) in [6.07, 6.45) is 29.0. The van der Waals surface area contributed by atoms with E-state index in [1.807, 2.05) is 6.08 Å². The number of unbranched alkanes of at least 4 members (excludes halogenated alkanes) is 24. The second-order valence-corrected chi connectivity index (χ2v) is 23.2. The van der Waals surface area contributed by atoms with Crippen LogP contribution in [0.1, 0.15) is 213 Å². The monoisotopic (exact) mass is 1200 g/mol. The average Bonchev–Trinajstić information content (AvgIpc) is 2.79. The van der Waals surface area contributed by atoms with E-state index < -0.39 is 124 Å². The zero-order chi connectivity index (χ0) is 61.2. The summed E-state index contributed by atoms with van der Waals surface area (Å²) >= 11 is 0. The molecule has 17 unspecified atom stereocenters. The predicted octanol–water partition coefficient (Wildman–Crippen LogP) is 7.21. The van der Waals surface area contributed by atoms with Gasteiger partial charge in [-0.3, -0.25) is 4.79 Å². The van der Waals surface area contributed by atoms with Gasteiger partial charge < -0.3 is 89.9 Å². The van der Waals surface area contributed by atoms with Gasteiger partial charge in [0.05, 0.1) is 38.6 Å². The van der Waals surface area contributed by atoms with E-state index in [0.29, 0.717) is 12.8 Å². The number of carbonyl (C=O) groups excluding carboxylic acids is 1. The van der Waals surface area contributed by atoms with E-state index in [1.165, 1.54) is 103 Å². The number of ether oxygens (including phenoxy) is 6. The lowest BCUT2D eigenvalue weighted by molar-refractivity contribution is -0.379. The Hall–Kier alpha value is -2.51. The average molecular weight is 1200 g/mol. The summed E-state index contributed by atoms with van der Waals surface area (Å²) in [5.41, 5.74) is 0. The van der Waals surface area contributed by atoms with Crippen LogP contribution in [-0.4, -0.2) is 193 Å². The molecule has 19 nitrogen and oxygen atoms in total. The molecule has 1 amide bonds. The summed E-state index contributed by atoms with van der Waals surface area (Å²) in [5, 5.41) is 120. The van der Waals surface area contributed by atoms with Gasteiger partial charge in [-0.1, -0.05) is 197 Å². The van der Waals surface area contributed by atoms with Gasteiger partial charge in [0, 0.05) is 6.42 Å². The molecule has 3 saturated heterocycles. The molecule has 0 aliphatic carbocycles. The Morgan fingerprint density at radius 2 is 0.798 bits per heavy atom. The fourth-order valence-electron chi connectivity index (χ4n) is 10.7. The maximum atomic E-state index is 13.4. The van der Waals surface area contributed by atoms with Gasteiger partial charge in [-0.25, -0.2) is 0 Å². The van der Waals surface area contributed by atoms with Crippen LogP contribution in [0.15, 0.2) is 60.8 Å². The Bertz CT molecular complexity index is 1770. The van der Waals surface area contributed by atoms with E-state index in [9.17, 15) is 61.0 Å². The molecule has 0 aromatic rings. The first-order valence-corrected chi connectivity index (χ1v) is 32.5. The van der Waals surface area contributed by atoms with E-state index in [-0.39, 0.29) is 18.9 Å². The Balaban J connectivity index is 1.50. The summed E-state index contributed by atoms with van der Waals surface area (Å²) in [7, 11) is 0. The van der Waals surface area contributed by atoms with Crippen molar-refractivity contribution in [2.75, 3.05) is 26.4 Å². The summed E-state index contributed by atoms with van der Waals surface area (Å²) in [4.78, 5) is 13.4. The normalized spacial score (nSPS) is 29.6. The lowest BCUT2D eigenvalue weighted by Crippen LogP contribution is -2.66. The number of carbonyl (C=O) groups is 1. The third kappa shape index (κ3) is 30.1. The number of allylic oxidation sites excluding steroid dienone is 9. The summed E-state index contributed by atoms with van der Waals surface area (Å²) in [6, 6.07) is -0.999. The Morgan fingerprint density at radius 1 is 0.429 bits per heavy atom. The van der Waals surface area contributed by atoms with Crippen LogP contribution in [-0.2, 0) is 33.2 Å². The molecule has 3 heterocycles. The first-order valence-electron chi connectivity index (χ1n) is 32.5. The zero-order valence-corrected chi connectivity index (χ0v) is 51.1. The number of amides is 1. The van der Waals surface area contributed by atoms with E-state index in [2.05, 4.69) is 67.8 Å². The number of nitrogens with one attached hydrogen (secondary N) is 1. The SMILES string of the molecule is CCCCC/C=C\C/C=C\C/C=C\CCCCCCCCC(=O)NC(COC1OC(CO)C(OC2OC(CO)C(OC3OC(CO)C(O)C(O)C3O)C(O)C2O)C(O)C1O)C(O)/C=C/CC/C=C/CCCCCCCCCCCCCCCC. The summed E-state index contributed by atoms with van der Waals surface area (Å²) in [6.45, 7) is 1.67. The maximum Gasteiger partial charge on any atom is 0.220 e. The van der Waals surface area contributed by atoms with E-state index >= 15 is 0 Å². The van der Waals surface area contributed by atoms with Crippen LogP contribution in [0.25, 0.3) is 0 Å². The van der Waals surface area contributed by atoms with Crippen molar-refractivity contribution in [3.63, 3.8) is 0 Å². The fourth-order valence-corrected chi connectivity index (χ4v) is 10.7. The molecule has 12 N–H and O–H groups in total. The highest BCUT2D eigenvalue weighted by Gasteiger charge is 2.53. The third-order valence-electron chi connectivity index (χ3n) is 16.0. The van der Waals surface area contributed by atoms with Crippen molar-refractivity contribution >= 4 is 5.91 Å². The number of rotatable bonds is 48. The molecule has 3 rings (SSSR count). The first kappa shape index (κ1) is 75.7. The van der Waals surface area contributed by atoms with Crippen molar-refractivity contribution < 1.29 is 89.4 Å². The molecule has 19 heteroatoms. The molecule has 0 saturated carbocycles. The molecular formula is C65H115NO18. The third-order valence-corrected chi connectivity index (χ3v) is 16.0. The van der Waals surface area contributed by atoms with Gasteiger partial charge in [0.25, 0.3) is 0 Å². The van der Waals surface area contributed by atoms with E-state index in [0.717, 1.165) is 77.0 Å². The number of hydrogen-bond donors (Lipinski definition) is 12. The predicted molar refractivity (Wildman–Crippen MR) is 323 cm³/mol. The molecule has 17 atom stereocenters. The Labute approximate surface area is 503 Å². The lowest BCUT2D eigenvalue weighted by atomic mass is 9.96. The second kappa shape index (κ2) is 47.5. The second-order valence-electron chi connectivity index (χ2n) is 23.2. The minimum Gasteiger partial charge on any atom is -0.394 e. The van der Waals surface area contributed by atoms with Gasteiger partial charge in [0.15, 0.2) is 18.9 Å². The molecule has 0 spiro atoms. The van der Waals surface area contributed by atoms with Crippen molar-refractivity contribution in [2.45, 2.75) is 317 Å². The first-order chi connectivity index (χ1) is 40.8. The molecule has 488 valence electrons. The molecule has 3 aliphatic heterocycles. The minimum atomic E-state index is -1.98. The van der Waals surface area contributed by atoms with Crippen molar-refractivity contribution in [1.82, 2.24) is 5.32 Å². The molecule has 84 heavy (non-hydrogen) atoms. The lowest BCUT2D eigenvalue weighted by Gasteiger charge is -2.48. The zero-order valence-electron chi connectivity index (χ0n) is 51.1. The molecule has 0 aromatic heterocycles. The Kier molecular flexibility index (Phi) is 42.8. The van der Waals surface area contributed by atoms with E-state index in [1.54, 1.807) is 6.08 Å². The molecule has 0 bridgehead atoms. The van der Waals surface area contributed by atoms with Gasteiger partial charge in [-0.05, 0) is 70.6 Å². The van der Waals surface area contributed by atoms with Crippen LogP contribution in [0.2, 0.25) is 0 Å². The van der Waals surface area contributed by atoms with Gasteiger partial charge in [0.1, 0.15) is 73.2 Å². The van der Waals surface area contributed by atoms with Crippen LogP contribution in [0.5, 0.6) is 0 Å². The van der Waals surface area contributed by atoms with Crippen LogP contribution in [0.3, 0.4) is 0 Å². The Morgan fingerprint density at radius 3 is 1.30 bits per heavy atom. The highest BCUT2D eigenvalue weighted by atomic mass is 16.8. The minimum absolute atomic E-state index is 0.219. The van der Waals surface area contributed by atoms with Crippen LogP contribution >= 0.6 is 0 Å². The van der Waals surface area contributed by atoms with Crippen LogP contribution in [0.4, 0.5) is 0 Å². The highest BCUT2D eigenvalue weighted by molar-refractivity contribution is 5.76. The van der Waals surface area contributed by atoms with Crippen molar-refractivity contribution in [1.29, 1.82) is 0 Å². The standard InChI is InChI=1S/C65H115NO18/c1-3-5-7-9-11-13-15-17-19-21-23-25-26-28-30-32-34-36-38-40-42-49(70)48(66-53(71)43-41-39-37-35-33-31-29-27-24-22-20-18-16-14-12-10-8-6-4-2)47-79-63-59(77)56(74)61(51(45-68)81-63)84-65-60(78)57(75)62(52(46-69)82-65)83-64-58(76)55(73)54(72)50(44-67)80-64/h12,14,18,20,24,27,32,34,40,42,48-52,54-65,67-70,72-78H,3-11,13,15-17,19,21-23,25-26,28-31,33,35-39,41,43-47H2,1-2H3,(H,66,71)/b14-12-,20-18-,27-24-,34-32+,42-40+. The smallest absolute Gasteiger partial charge is 0.220 e. The van der Waals surface area contributed by atoms with Crippen LogP contribution < -0.4 is 5.32 Å². The maximum absolute atomic E-state index is 13.4. The summed E-state index contributed by atoms with van der Waals surface area (Å²) in [5.74, 6) is -0.299. The quantitative estimate of drug-likeness (QED) is 0.0211. The van der Waals surface area contributed by atoms with Gasteiger partial charge in [0.2, 0.25) is 5.91 Å². The highest BCUT2D eigenvalue weighted by Crippen LogP contribution is 2.33. The largest absolute Gasteiger partial charge is 0.394 e. The van der Waals surface area contributed by atoms with Gasteiger partial charge >= 0.3 is 0 Å². The molecular weight excluding hydrogens is 1080 g/mol. The molecule has 3 fully saturated rings. The van der Waals surface area contributed by atoms with E-state index in [4.69, 9.17) is 28.4 Å². The topological polar surface area (TPSA) is 307 Å².